The minimum atomic E-state index is -0.319. The van der Waals surface area contributed by atoms with Gasteiger partial charge < -0.3 is 10.3 Å². The van der Waals surface area contributed by atoms with Gasteiger partial charge in [0.25, 0.3) is 0 Å². The Morgan fingerprint density at radius 1 is 1.03 bits per heavy atom. The number of carbonyl (C=O) groups is 1. The fourth-order valence-corrected chi connectivity index (χ4v) is 4.31. The Morgan fingerprint density at radius 2 is 1.83 bits per heavy atom. The molecule has 2 heterocycles. The number of H-pyrrole nitrogens is 1. The van der Waals surface area contributed by atoms with Crippen LogP contribution >= 0.6 is 11.8 Å². The number of nitrogens with one attached hydrogen (secondary N) is 2. The second-order valence-corrected chi connectivity index (χ2v) is 8.20. The number of carbonyl (C=O) groups excluding carboxylic acids is 1. The van der Waals surface area contributed by atoms with E-state index in [0.717, 1.165) is 32.9 Å². The lowest BCUT2D eigenvalue weighted by Gasteiger charge is -2.14. The fraction of sp³-hybridized carbons (Fsp3) is 0.130. The van der Waals surface area contributed by atoms with Crippen molar-refractivity contribution >= 4 is 56.2 Å². The molecule has 6 nitrogen and oxygen atoms in total. The lowest BCUT2D eigenvalue weighted by atomic mass is 10.1. The molecule has 0 aliphatic rings. The number of amides is 1. The maximum absolute atomic E-state index is 12.9. The van der Waals surface area contributed by atoms with Gasteiger partial charge in [0.2, 0.25) is 11.1 Å². The van der Waals surface area contributed by atoms with Crippen molar-refractivity contribution in [3.8, 4) is 0 Å². The highest BCUT2D eigenvalue weighted by Crippen LogP contribution is 2.27. The van der Waals surface area contributed by atoms with E-state index in [-0.39, 0.29) is 11.2 Å². The second kappa shape index (κ2) is 7.76. The van der Waals surface area contributed by atoms with Crippen molar-refractivity contribution < 1.29 is 4.79 Å². The summed E-state index contributed by atoms with van der Waals surface area (Å²) >= 11 is 1.33. The quantitative estimate of drug-likeness (QED) is 0.389. The molecule has 5 rings (SSSR count). The number of rotatable bonds is 5. The van der Waals surface area contributed by atoms with E-state index in [0.29, 0.717) is 17.2 Å². The molecule has 0 aliphatic carbocycles. The minimum Gasteiger partial charge on any atom is -0.338 e. The molecule has 0 spiro atoms. The van der Waals surface area contributed by atoms with Crippen LogP contribution in [0, 0.1) is 0 Å². The third-order valence-corrected chi connectivity index (χ3v) is 6.25. The summed E-state index contributed by atoms with van der Waals surface area (Å²) in [5.41, 5.74) is 3.17. The van der Waals surface area contributed by atoms with Crippen LogP contribution in [0.3, 0.4) is 0 Å². The Labute approximate surface area is 177 Å². The Bertz CT molecular complexity index is 1380. The van der Waals surface area contributed by atoms with Crippen LogP contribution in [0.25, 0.3) is 32.8 Å². The van der Waals surface area contributed by atoms with Crippen molar-refractivity contribution in [3.63, 3.8) is 0 Å². The van der Waals surface area contributed by atoms with Gasteiger partial charge in [0.15, 0.2) is 5.65 Å². The van der Waals surface area contributed by atoms with E-state index in [2.05, 4.69) is 31.5 Å². The zero-order valence-electron chi connectivity index (χ0n) is 16.3. The van der Waals surface area contributed by atoms with E-state index in [1.165, 1.54) is 11.8 Å². The highest BCUT2D eigenvalue weighted by Gasteiger charge is 2.21. The number of hydrogen-bond acceptors (Lipinski definition) is 5. The van der Waals surface area contributed by atoms with Crippen molar-refractivity contribution in [3.05, 3.63) is 66.7 Å². The van der Waals surface area contributed by atoms with Gasteiger partial charge in [0.1, 0.15) is 5.52 Å². The number of para-hydroxylation sites is 1. The van der Waals surface area contributed by atoms with E-state index in [1.807, 2.05) is 67.6 Å². The monoisotopic (exact) mass is 413 g/mol. The van der Waals surface area contributed by atoms with Crippen LogP contribution in [0.5, 0.6) is 0 Å². The van der Waals surface area contributed by atoms with Crippen LogP contribution < -0.4 is 5.32 Å². The van der Waals surface area contributed by atoms with Crippen molar-refractivity contribution in [1.82, 2.24) is 20.2 Å². The van der Waals surface area contributed by atoms with Gasteiger partial charge in [-0.3, -0.25) is 4.79 Å². The van der Waals surface area contributed by atoms with E-state index in [9.17, 15) is 4.79 Å². The van der Waals surface area contributed by atoms with E-state index in [1.54, 1.807) is 0 Å². The summed E-state index contributed by atoms with van der Waals surface area (Å²) in [5.74, 6) is -0.0712. The van der Waals surface area contributed by atoms with Gasteiger partial charge in [-0.15, -0.1) is 10.2 Å². The first kappa shape index (κ1) is 18.6. The molecule has 1 unspecified atom stereocenters. The summed E-state index contributed by atoms with van der Waals surface area (Å²) in [5, 5.41) is 15.0. The Kier molecular flexibility index (Phi) is 4.80. The van der Waals surface area contributed by atoms with Crippen LogP contribution in [-0.2, 0) is 4.79 Å². The molecule has 30 heavy (non-hydrogen) atoms. The van der Waals surface area contributed by atoms with Crippen LogP contribution in [-0.4, -0.2) is 31.3 Å². The first-order valence-corrected chi connectivity index (χ1v) is 10.7. The number of aromatic amines is 1. The molecule has 0 saturated carbocycles. The van der Waals surface area contributed by atoms with Crippen LogP contribution in [0.4, 0.5) is 5.69 Å². The van der Waals surface area contributed by atoms with Gasteiger partial charge in [-0.05, 0) is 35.4 Å². The average Bonchev–Trinajstić information content (AvgIpc) is 3.15. The smallest absolute Gasteiger partial charge is 0.237 e. The largest absolute Gasteiger partial charge is 0.338 e. The normalized spacial score (nSPS) is 12.4. The molecule has 1 atom stereocenters. The van der Waals surface area contributed by atoms with Gasteiger partial charge >= 0.3 is 0 Å². The Hall–Kier alpha value is -3.45. The SMILES string of the molecule is CCC(Sc1nnc2c(n1)[nH]c1ccccc12)C(=O)Nc1ccc2ccccc2c1. The molecule has 5 aromatic rings. The van der Waals surface area contributed by atoms with Gasteiger partial charge in [0.05, 0.1) is 5.25 Å². The number of thioether (sulfide) groups is 1. The maximum Gasteiger partial charge on any atom is 0.237 e. The van der Waals surface area contributed by atoms with Crippen molar-refractivity contribution in [1.29, 1.82) is 0 Å². The van der Waals surface area contributed by atoms with Gasteiger partial charge in [-0.2, -0.15) is 0 Å². The maximum atomic E-state index is 12.9. The molecule has 2 N–H and O–H groups in total. The first-order chi connectivity index (χ1) is 14.7. The number of benzene rings is 3. The predicted octanol–water partition coefficient (Wildman–Crippen LogP) is 5.17. The number of aromatic nitrogens is 4. The standard InChI is InChI=1S/C23H19N5OS/c1-2-19(22(29)24-16-12-11-14-7-3-4-8-15(14)13-16)30-23-26-21-20(27-28-23)17-9-5-6-10-18(17)25-21/h3-13,19H,2H2,1H3,(H,24,29)(H,25,26,28). The predicted molar refractivity (Wildman–Crippen MR) is 122 cm³/mol. The molecule has 1 amide bonds. The molecule has 7 heteroatoms. The molecule has 0 radical (unpaired) electrons. The van der Waals surface area contributed by atoms with E-state index in [4.69, 9.17) is 0 Å². The highest BCUT2D eigenvalue weighted by molar-refractivity contribution is 8.00. The number of hydrogen-bond donors (Lipinski definition) is 2. The molecule has 2 aromatic heterocycles. The summed E-state index contributed by atoms with van der Waals surface area (Å²) < 4.78 is 0. The van der Waals surface area contributed by atoms with E-state index >= 15 is 0 Å². The van der Waals surface area contributed by atoms with Crippen LogP contribution in [0.15, 0.2) is 71.9 Å². The van der Waals surface area contributed by atoms with E-state index < -0.39 is 0 Å². The third-order valence-electron chi connectivity index (χ3n) is 5.03. The van der Waals surface area contributed by atoms with Gasteiger partial charge in [-0.1, -0.05) is 67.2 Å². The molecule has 0 aliphatic heterocycles. The fourth-order valence-electron chi connectivity index (χ4n) is 3.50. The molecular formula is C23H19N5OS. The topological polar surface area (TPSA) is 83.6 Å². The zero-order valence-corrected chi connectivity index (χ0v) is 17.1. The number of anilines is 1. The Balaban J connectivity index is 1.36. The lowest BCUT2D eigenvalue weighted by molar-refractivity contribution is -0.115. The number of nitrogens with zero attached hydrogens (tertiary/aromatic N) is 3. The first-order valence-electron chi connectivity index (χ1n) is 9.79. The summed E-state index contributed by atoms with van der Waals surface area (Å²) in [4.78, 5) is 20.7. The lowest BCUT2D eigenvalue weighted by Crippen LogP contribution is -2.24. The number of fused-ring (bicyclic) bond motifs is 4. The summed E-state index contributed by atoms with van der Waals surface area (Å²) in [6.45, 7) is 1.98. The molecule has 3 aromatic carbocycles. The van der Waals surface area contributed by atoms with Crippen molar-refractivity contribution in [2.45, 2.75) is 23.8 Å². The molecule has 0 bridgehead atoms. The summed E-state index contributed by atoms with van der Waals surface area (Å²) in [6, 6.07) is 21.9. The second-order valence-electron chi connectivity index (χ2n) is 7.03. The Morgan fingerprint density at radius 3 is 2.70 bits per heavy atom. The molecular weight excluding hydrogens is 394 g/mol. The van der Waals surface area contributed by atoms with Gasteiger partial charge in [-0.25, -0.2) is 4.98 Å². The zero-order chi connectivity index (χ0) is 20.5. The highest BCUT2D eigenvalue weighted by atomic mass is 32.2. The van der Waals surface area contributed by atoms with Crippen LogP contribution in [0.2, 0.25) is 0 Å². The molecule has 148 valence electrons. The average molecular weight is 414 g/mol. The molecule has 0 saturated heterocycles. The summed E-state index contributed by atoms with van der Waals surface area (Å²) in [7, 11) is 0. The minimum absolute atomic E-state index is 0.0712. The van der Waals surface area contributed by atoms with Crippen molar-refractivity contribution in [2.24, 2.45) is 0 Å². The van der Waals surface area contributed by atoms with Crippen LogP contribution in [0.1, 0.15) is 13.3 Å². The molecule has 0 fully saturated rings. The summed E-state index contributed by atoms with van der Waals surface area (Å²) in [6.07, 6.45) is 0.651. The van der Waals surface area contributed by atoms with Gasteiger partial charge in [0, 0.05) is 16.6 Å². The van der Waals surface area contributed by atoms with Crippen molar-refractivity contribution in [2.75, 3.05) is 5.32 Å². The third kappa shape index (κ3) is 3.48.